The molecule has 0 saturated carbocycles. The number of ether oxygens (including phenoxy) is 2. The van der Waals surface area contributed by atoms with E-state index in [2.05, 4.69) is 4.98 Å². The molecular formula is C21H21Cl2N3O5. The Kier molecular flexibility index (Phi) is 9.17. The van der Waals surface area contributed by atoms with Crippen molar-refractivity contribution in [1.29, 1.82) is 0 Å². The second-order valence-electron chi connectivity index (χ2n) is 6.29. The fraction of sp³-hybridized carbons (Fsp3) is 0.190. The van der Waals surface area contributed by atoms with Crippen molar-refractivity contribution in [2.24, 2.45) is 0 Å². The van der Waals surface area contributed by atoms with Crippen molar-refractivity contribution in [1.82, 2.24) is 4.98 Å². The van der Waals surface area contributed by atoms with Gasteiger partial charge in [0.25, 0.3) is 0 Å². The van der Waals surface area contributed by atoms with E-state index in [0.717, 1.165) is 17.0 Å². The number of H-pyrrole nitrogens is 1. The molecule has 0 unspecified atom stereocenters. The van der Waals surface area contributed by atoms with Crippen LogP contribution in [0.5, 0.6) is 5.75 Å². The molecule has 31 heavy (non-hydrogen) atoms. The van der Waals surface area contributed by atoms with Crippen LogP contribution in [0.3, 0.4) is 0 Å². The van der Waals surface area contributed by atoms with Crippen LogP contribution in [0.4, 0.5) is 0 Å². The van der Waals surface area contributed by atoms with Crippen LogP contribution < -0.4 is 9.30 Å². The molecule has 0 fully saturated rings. The molecule has 3 rings (SSSR count). The lowest BCUT2D eigenvalue weighted by Gasteiger charge is -2.15. The van der Waals surface area contributed by atoms with Gasteiger partial charge in [0.05, 0.1) is 10.1 Å². The van der Waals surface area contributed by atoms with Crippen molar-refractivity contribution in [2.75, 3.05) is 13.2 Å². The van der Waals surface area contributed by atoms with Crippen LogP contribution in [-0.2, 0) is 4.74 Å². The minimum absolute atomic E-state index is 0.379. The second-order valence-corrected chi connectivity index (χ2v) is 7.13. The zero-order valence-electron chi connectivity index (χ0n) is 16.9. The van der Waals surface area contributed by atoms with Gasteiger partial charge in [-0.3, -0.25) is 0 Å². The maximum absolute atomic E-state index is 8.25. The number of nitrogens with one attached hydrogen (secondary N) is 1. The minimum Gasteiger partial charge on any atom is -0.490 e. The predicted molar refractivity (Wildman–Crippen MR) is 119 cm³/mol. The first-order valence-electron chi connectivity index (χ1n) is 9.12. The van der Waals surface area contributed by atoms with Gasteiger partial charge >= 0.3 is 0 Å². The molecule has 0 radical (unpaired) electrons. The molecular weight excluding hydrogens is 445 g/mol. The third-order valence-corrected chi connectivity index (χ3v) is 4.60. The standard InChI is InChI=1S/C21H20Cl2N2O2.NO3/c1-15-3-6-18(7-4-15)26-11-12-27-21(16(2)25-10-9-24-14-25)19-8-5-17(22)13-20(19)23;2-1(3)4/h3-10,13-14H,11-12H2,1-2H3;/q;-1/p+1/b21-16-;. The predicted octanol–water partition coefficient (Wildman–Crippen LogP) is 5.12. The number of aromatic amines is 1. The van der Waals surface area contributed by atoms with E-state index in [-0.39, 0.29) is 0 Å². The summed E-state index contributed by atoms with van der Waals surface area (Å²) in [5.41, 5.74) is 2.87. The maximum atomic E-state index is 8.25. The van der Waals surface area contributed by atoms with Crippen molar-refractivity contribution >= 4 is 34.7 Å². The van der Waals surface area contributed by atoms with E-state index in [1.807, 2.05) is 67.5 Å². The Balaban J connectivity index is 0.000000785. The maximum Gasteiger partial charge on any atom is 0.246 e. The Morgan fingerprint density at radius 1 is 1.13 bits per heavy atom. The first-order valence-corrected chi connectivity index (χ1v) is 9.88. The number of halogens is 2. The Bertz CT molecular complexity index is 1020. The summed E-state index contributed by atoms with van der Waals surface area (Å²) in [6.45, 7) is 4.81. The molecule has 2 aromatic carbocycles. The van der Waals surface area contributed by atoms with Gasteiger partial charge in [0, 0.05) is 17.5 Å². The summed E-state index contributed by atoms with van der Waals surface area (Å²) in [5, 5.41) is 15.9. The molecule has 0 amide bonds. The molecule has 0 aliphatic carbocycles. The van der Waals surface area contributed by atoms with Crippen molar-refractivity contribution < 1.29 is 19.1 Å². The van der Waals surface area contributed by atoms with E-state index in [1.165, 1.54) is 5.56 Å². The first-order chi connectivity index (χ1) is 14.8. The van der Waals surface area contributed by atoms with E-state index < -0.39 is 5.09 Å². The number of rotatable bonds is 7. The summed E-state index contributed by atoms with van der Waals surface area (Å²) in [7, 11) is 0. The van der Waals surface area contributed by atoms with E-state index >= 15 is 0 Å². The number of aryl methyl sites for hydroxylation is 1. The second kappa shape index (κ2) is 11.8. The first kappa shape index (κ1) is 24.0. The molecule has 0 atom stereocenters. The fourth-order valence-corrected chi connectivity index (χ4v) is 3.10. The number of hydrogen-bond donors (Lipinski definition) is 1. The SMILES string of the molecule is C/C(=C(/OCCOc1ccc(C)cc1)c1ccc(Cl)cc1Cl)[n+]1cc[nH]c1.O=[N+]([O-])[O-]. The van der Waals surface area contributed by atoms with E-state index in [1.54, 1.807) is 12.1 Å². The molecule has 3 aromatic rings. The van der Waals surface area contributed by atoms with Crippen molar-refractivity contribution in [2.45, 2.75) is 13.8 Å². The largest absolute Gasteiger partial charge is 0.490 e. The summed E-state index contributed by atoms with van der Waals surface area (Å²) in [6, 6.07) is 13.3. The van der Waals surface area contributed by atoms with Gasteiger partial charge in [-0.2, -0.15) is 0 Å². The zero-order valence-corrected chi connectivity index (χ0v) is 18.4. The quantitative estimate of drug-likeness (QED) is 0.171. The summed E-state index contributed by atoms with van der Waals surface area (Å²) < 4.78 is 13.8. The topological polar surface area (TPSA) is 104 Å². The Hall–Kier alpha value is -3.23. The van der Waals surface area contributed by atoms with Gasteiger partial charge in [0.15, 0.2) is 5.76 Å². The molecule has 0 aliphatic rings. The normalized spacial score (nSPS) is 11.1. The Labute approximate surface area is 189 Å². The summed E-state index contributed by atoms with van der Waals surface area (Å²) in [6.07, 6.45) is 5.59. The highest BCUT2D eigenvalue weighted by Gasteiger charge is 2.16. The number of aromatic nitrogens is 2. The van der Waals surface area contributed by atoms with Crippen molar-refractivity contribution in [3.8, 4) is 5.75 Å². The van der Waals surface area contributed by atoms with Gasteiger partial charge in [0.2, 0.25) is 6.33 Å². The molecule has 1 heterocycles. The molecule has 0 spiro atoms. The highest BCUT2D eigenvalue weighted by atomic mass is 35.5. The average molecular weight is 466 g/mol. The lowest BCUT2D eigenvalue weighted by molar-refractivity contribution is -0.579. The molecule has 0 aliphatic heterocycles. The molecule has 1 aromatic heterocycles. The number of imidazole rings is 1. The summed E-state index contributed by atoms with van der Waals surface area (Å²) in [4.78, 5) is 11.3. The molecule has 164 valence electrons. The summed E-state index contributed by atoms with van der Waals surface area (Å²) >= 11 is 12.4. The van der Waals surface area contributed by atoms with Gasteiger partial charge < -0.3 is 24.8 Å². The monoisotopic (exact) mass is 465 g/mol. The van der Waals surface area contributed by atoms with Crippen LogP contribution in [0.15, 0.2) is 61.2 Å². The van der Waals surface area contributed by atoms with Crippen LogP contribution in [0.1, 0.15) is 18.1 Å². The van der Waals surface area contributed by atoms with Crippen LogP contribution in [-0.4, -0.2) is 23.3 Å². The van der Waals surface area contributed by atoms with Gasteiger partial charge in [-0.05, 0) is 37.3 Å². The van der Waals surface area contributed by atoms with Crippen molar-refractivity contribution in [3.05, 3.63) is 97.7 Å². The van der Waals surface area contributed by atoms with Gasteiger partial charge in [-0.15, -0.1) is 0 Å². The van der Waals surface area contributed by atoms with Crippen LogP contribution in [0, 0.1) is 22.2 Å². The highest BCUT2D eigenvalue weighted by Crippen LogP contribution is 2.30. The van der Waals surface area contributed by atoms with E-state index in [4.69, 9.17) is 48.0 Å². The molecule has 0 saturated heterocycles. The lowest BCUT2D eigenvalue weighted by Crippen LogP contribution is -2.29. The number of benzene rings is 2. The highest BCUT2D eigenvalue weighted by molar-refractivity contribution is 6.35. The Morgan fingerprint density at radius 2 is 1.81 bits per heavy atom. The van der Waals surface area contributed by atoms with Gasteiger partial charge in [-0.1, -0.05) is 40.9 Å². The average Bonchev–Trinajstić information content (AvgIpc) is 3.24. The van der Waals surface area contributed by atoms with Crippen LogP contribution >= 0.6 is 23.2 Å². The van der Waals surface area contributed by atoms with Gasteiger partial charge in [0.1, 0.15) is 37.1 Å². The van der Waals surface area contributed by atoms with E-state index in [0.29, 0.717) is 29.0 Å². The third kappa shape index (κ3) is 7.84. The summed E-state index contributed by atoms with van der Waals surface area (Å²) in [5.74, 6) is 1.49. The fourth-order valence-electron chi connectivity index (χ4n) is 2.60. The zero-order chi connectivity index (χ0) is 22.8. The minimum atomic E-state index is -1.75. The third-order valence-electron chi connectivity index (χ3n) is 4.06. The van der Waals surface area contributed by atoms with E-state index in [9.17, 15) is 0 Å². The number of nitrogens with zero attached hydrogens (tertiary/aromatic N) is 2. The number of allylic oxidation sites excluding steroid dienone is 1. The van der Waals surface area contributed by atoms with Gasteiger partial charge in [-0.25, -0.2) is 9.55 Å². The molecule has 0 bridgehead atoms. The van der Waals surface area contributed by atoms with Crippen LogP contribution in [0.2, 0.25) is 10.0 Å². The Morgan fingerprint density at radius 3 is 2.39 bits per heavy atom. The molecule has 10 heteroatoms. The van der Waals surface area contributed by atoms with Crippen LogP contribution in [0.25, 0.3) is 11.5 Å². The van der Waals surface area contributed by atoms with Crippen molar-refractivity contribution in [3.63, 3.8) is 0 Å². The number of hydrogen-bond acceptors (Lipinski definition) is 5. The smallest absolute Gasteiger partial charge is 0.246 e. The lowest BCUT2D eigenvalue weighted by atomic mass is 10.1. The molecule has 1 N–H and O–H groups in total. The molecule has 8 nitrogen and oxygen atoms in total.